The van der Waals surface area contributed by atoms with Crippen LogP contribution in [-0.2, 0) is 22.4 Å². The molecular formula is C16H15NO3. The van der Waals surface area contributed by atoms with Gasteiger partial charge in [-0.1, -0.05) is 18.7 Å². The number of pyridine rings is 1. The smallest absolute Gasteiger partial charge is 0.337 e. The predicted molar refractivity (Wildman–Crippen MR) is 77.6 cm³/mol. The highest BCUT2D eigenvalue weighted by atomic mass is 16.5. The number of esters is 1. The molecule has 102 valence electrons. The number of aromatic nitrogens is 1. The Hall–Kier alpha value is -2.36. The second kappa shape index (κ2) is 4.63. The van der Waals surface area contributed by atoms with Crippen LogP contribution in [0.15, 0.2) is 29.6 Å². The molecule has 4 nitrogen and oxygen atoms in total. The van der Waals surface area contributed by atoms with E-state index in [-0.39, 0.29) is 11.1 Å². The third-order valence-corrected chi connectivity index (χ3v) is 3.87. The molecule has 0 unspecified atom stereocenters. The average molecular weight is 269 g/mol. The number of hydrogen-bond donors (Lipinski definition) is 1. The van der Waals surface area contributed by atoms with Crippen molar-refractivity contribution < 1.29 is 9.53 Å². The zero-order valence-electron chi connectivity index (χ0n) is 11.3. The third-order valence-electron chi connectivity index (χ3n) is 3.87. The van der Waals surface area contributed by atoms with E-state index in [1.54, 1.807) is 6.07 Å². The van der Waals surface area contributed by atoms with Crippen molar-refractivity contribution in [3.8, 4) is 0 Å². The molecule has 4 heteroatoms. The van der Waals surface area contributed by atoms with Gasteiger partial charge in [-0.3, -0.25) is 4.79 Å². The zero-order chi connectivity index (χ0) is 14.3. The number of carbonyl (C=O) groups excluding carboxylic acids is 1. The molecule has 1 aliphatic carbocycles. The Morgan fingerprint density at radius 3 is 2.80 bits per heavy atom. The molecule has 0 radical (unpaired) electrons. The summed E-state index contributed by atoms with van der Waals surface area (Å²) in [5.74, 6) is -0.465. The van der Waals surface area contributed by atoms with E-state index in [1.165, 1.54) is 7.11 Å². The Morgan fingerprint density at radius 1 is 1.30 bits per heavy atom. The van der Waals surface area contributed by atoms with Crippen molar-refractivity contribution in [2.24, 2.45) is 0 Å². The van der Waals surface area contributed by atoms with Gasteiger partial charge >= 0.3 is 5.97 Å². The predicted octanol–water partition coefficient (Wildman–Crippen LogP) is 2.20. The fourth-order valence-corrected chi connectivity index (χ4v) is 2.83. The summed E-state index contributed by atoms with van der Waals surface area (Å²) in [5.41, 5.74) is 3.72. The van der Waals surface area contributed by atoms with Crippen LogP contribution in [0.4, 0.5) is 0 Å². The van der Waals surface area contributed by atoms with Gasteiger partial charge in [0.1, 0.15) is 0 Å². The first-order chi connectivity index (χ1) is 9.61. The van der Waals surface area contributed by atoms with Crippen LogP contribution in [0.1, 0.15) is 23.1 Å². The number of rotatable bonds is 2. The van der Waals surface area contributed by atoms with Crippen molar-refractivity contribution >= 4 is 22.4 Å². The van der Waals surface area contributed by atoms with E-state index in [0.29, 0.717) is 5.56 Å². The Kier molecular flexibility index (Phi) is 2.93. The molecule has 0 spiro atoms. The van der Waals surface area contributed by atoms with Crippen LogP contribution in [0.2, 0.25) is 0 Å². The van der Waals surface area contributed by atoms with Gasteiger partial charge in [0.05, 0.1) is 12.7 Å². The molecule has 3 rings (SSSR count). The van der Waals surface area contributed by atoms with E-state index in [0.717, 1.165) is 41.3 Å². The number of aromatic amines is 1. The molecule has 0 amide bonds. The fourth-order valence-electron chi connectivity index (χ4n) is 2.83. The van der Waals surface area contributed by atoms with Gasteiger partial charge in [-0.05, 0) is 36.5 Å². The largest absolute Gasteiger partial charge is 0.465 e. The molecule has 20 heavy (non-hydrogen) atoms. The van der Waals surface area contributed by atoms with E-state index in [4.69, 9.17) is 0 Å². The number of H-pyrrole nitrogens is 1. The van der Waals surface area contributed by atoms with Gasteiger partial charge in [0.2, 0.25) is 0 Å². The number of benzene rings is 1. The Labute approximate surface area is 116 Å². The van der Waals surface area contributed by atoms with E-state index in [1.807, 2.05) is 12.1 Å². The zero-order valence-corrected chi connectivity index (χ0v) is 11.3. The molecule has 0 saturated heterocycles. The minimum absolute atomic E-state index is 0.0224. The van der Waals surface area contributed by atoms with Crippen molar-refractivity contribution in [1.82, 2.24) is 4.98 Å². The maximum Gasteiger partial charge on any atom is 0.337 e. The van der Waals surface area contributed by atoms with Crippen LogP contribution in [-0.4, -0.2) is 18.1 Å². The number of aryl methyl sites for hydroxylation is 1. The maximum atomic E-state index is 12.0. The minimum atomic E-state index is -0.465. The number of hydrogen-bond acceptors (Lipinski definition) is 3. The van der Waals surface area contributed by atoms with E-state index >= 15 is 0 Å². The van der Waals surface area contributed by atoms with Gasteiger partial charge in [0, 0.05) is 16.5 Å². The molecule has 0 saturated carbocycles. The van der Waals surface area contributed by atoms with Crippen LogP contribution in [0.3, 0.4) is 0 Å². The fraction of sp³-hybridized carbons (Fsp3) is 0.250. The summed E-state index contributed by atoms with van der Waals surface area (Å²) < 4.78 is 4.67. The summed E-state index contributed by atoms with van der Waals surface area (Å²) in [6.45, 7) is 3.73. The quantitative estimate of drug-likeness (QED) is 0.671. The van der Waals surface area contributed by atoms with Crippen molar-refractivity contribution in [1.29, 1.82) is 0 Å². The van der Waals surface area contributed by atoms with E-state index < -0.39 is 5.97 Å². The highest BCUT2D eigenvalue weighted by Gasteiger charge is 2.18. The van der Waals surface area contributed by atoms with Gasteiger partial charge < -0.3 is 9.72 Å². The summed E-state index contributed by atoms with van der Waals surface area (Å²) >= 11 is 0. The van der Waals surface area contributed by atoms with Crippen molar-refractivity contribution in [2.75, 3.05) is 7.11 Å². The molecule has 1 N–H and O–H groups in total. The Bertz CT molecular complexity index is 786. The highest BCUT2D eigenvalue weighted by Crippen LogP contribution is 2.28. The topological polar surface area (TPSA) is 59.2 Å². The normalized spacial score (nSPS) is 13.2. The summed E-state index contributed by atoms with van der Waals surface area (Å²) in [7, 11) is 1.32. The summed E-state index contributed by atoms with van der Waals surface area (Å²) in [6.07, 6.45) is 2.80. The molecule has 1 heterocycles. The first-order valence-electron chi connectivity index (χ1n) is 6.57. The lowest BCUT2D eigenvalue weighted by Crippen LogP contribution is -2.12. The molecule has 1 aromatic carbocycles. The van der Waals surface area contributed by atoms with Gasteiger partial charge in [-0.15, -0.1) is 0 Å². The van der Waals surface area contributed by atoms with Crippen molar-refractivity contribution in [3.63, 3.8) is 0 Å². The molecule has 0 atom stereocenters. The summed E-state index contributed by atoms with van der Waals surface area (Å²) in [4.78, 5) is 26.4. The second-order valence-corrected chi connectivity index (χ2v) is 5.00. The molecule has 0 aliphatic heterocycles. The first kappa shape index (κ1) is 12.7. The minimum Gasteiger partial charge on any atom is -0.465 e. The number of fused-ring (bicyclic) bond motifs is 3. The van der Waals surface area contributed by atoms with Crippen LogP contribution >= 0.6 is 0 Å². The molecule has 1 aromatic heterocycles. The monoisotopic (exact) mass is 269 g/mol. The van der Waals surface area contributed by atoms with Crippen LogP contribution in [0, 0.1) is 0 Å². The lowest BCUT2D eigenvalue weighted by molar-refractivity contribution is -0.133. The van der Waals surface area contributed by atoms with E-state index in [9.17, 15) is 9.59 Å². The number of methoxy groups -OCH3 is 1. The molecular weight excluding hydrogens is 254 g/mol. The molecule has 1 aliphatic rings. The van der Waals surface area contributed by atoms with Gasteiger partial charge in [0.25, 0.3) is 5.56 Å². The number of nitrogens with one attached hydrogen (secondary N) is 1. The van der Waals surface area contributed by atoms with Crippen molar-refractivity contribution in [2.45, 2.75) is 19.3 Å². The second-order valence-electron chi connectivity index (χ2n) is 5.00. The molecule has 2 aromatic rings. The average Bonchev–Trinajstić information content (AvgIpc) is 2.95. The summed E-state index contributed by atoms with van der Waals surface area (Å²) in [6, 6.07) is 5.58. The Balaban J connectivity index is 2.18. The van der Waals surface area contributed by atoms with Gasteiger partial charge in [-0.25, -0.2) is 4.79 Å². The standard InChI is InChI=1S/C16H15NO3/c1-9(16(19)20-2)10-6-7-12-11-4-3-5-13(11)15(18)17-14(12)8-10/h6-8H,1,3-5H2,2H3,(H,17,18). The molecule has 0 bridgehead atoms. The Morgan fingerprint density at radius 2 is 2.05 bits per heavy atom. The number of carbonyl (C=O) groups is 1. The third kappa shape index (κ3) is 1.84. The highest BCUT2D eigenvalue weighted by molar-refractivity contribution is 6.16. The SMILES string of the molecule is C=C(C(=O)OC)c1ccc2c3c(c(=O)[nH]c2c1)CCC3. The van der Waals surface area contributed by atoms with Gasteiger partial charge in [-0.2, -0.15) is 0 Å². The van der Waals surface area contributed by atoms with Crippen LogP contribution in [0.5, 0.6) is 0 Å². The van der Waals surface area contributed by atoms with Crippen molar-refractivity contribution in [3.05, 3.63) is 51.8 Å². The van der Waals surface area contributed by atoms with Crippen LogP contribution < -0.4 is 5.56 Å². The number of ether oxygens (including phenoxy) is 1. The van der Waals surface area contributed by atoms with Gasteiger partial charge in [0.15, 0.2) is 0 Å². The lowest BCUT2D eigenvalue weighted by atomic mass is 10.0. The van der Waals surface area contributed by atoms with E-state index in [2.05, 4.69) is 16.3 Å². The maximum absolute atomic E-state index is 12.0. The summed E-state index contributed by atoms with van der Waals surface area (Å²) in [5, 5.41) is 1.05. The first-order valence-corrected chi connectivity index (χ1v) is 6.57. The lowest BCUT2D eigenvalue weighted by Gasteiger charge is -2.08. The van der Waals surface area contributed by atoms with Crippen LogP contribution in [0.25, 0.3) is 16.5 Å². The molecule has 0 fully saturated rings.